The first-order chi connectivity index (χ1) is 14.1. The van der Waals surface area contributed by atoms with Gasteiger partial charge in [0.25, 0.3) is 0 Å². The zero-order valence-corrected chi connectivity index (χ0v) is 16.4. The lowest BCUT2D eigenvalue weighted by atomic mass is 10.1. The SMILES string of the molecule is CCOc1ccc(-c2ccc3nnc(SCC(=O)c4ccc(F)cc4)n3n2)cc1. The predicted molar refractivity (Wildman–Crippen MR) is 109 cm³/mol. The molecule has 6 nitrogen and oxygen atoms in total. The van der Waals surface area contributed by atoms with E-state index in [0.29, 0.717) is 23.0 Å². The topological polar surface area (TPSA) is 69.4 Å². The van der Waals surface area contributed by atoms with Crippen LogP contribution < -0.4 is 4.74 Å². The minimum absolute atomic E-state index is 0.116. The van der Waals surface area contributed by atoms with Crippen molar-refractivity contribution < 1.29 is 13.9 Å². The van der Waals surface area contributed by atoms with Gasteiger partial charge in [-0.05, 0) is 67.6 Å². The summed E-state index contributed by atoms with van der Waals surface area (Å²) in [5.74, 6) is 0.469. The van der Waals surface area contributed by atoms with Crippen LogP contribution in [0.1, 0.15) is 17.3 Å². The zero-order chi connectivity index (χ0) is 20.2. The molecule has 0 aliphatic carbocycles. The molecule has 4 rings (SSSR count). The number of ether oxygens (including phenoxy) is 1. The lowest BCUT2D eigenvalue weighted by Gasteiger charge is -2.05. The number of nitrogens with zero attached hydrogens (tertiary/aromatic N) is 4. The first kappa shape index (κ1) is 19.1. The molecule has 0 aliphatic heterocycles. The van der Waals surface area contributed by atoms with E-state index >= 15 is 0 Å². The molecular weight excluding hydrogens is 391 g/mol. The lowest BCUT2D eigenvalue weighted by molar-refractivity contribution is 0.102. The van der Waals surface area contributed by atoms with E-state index in [1.807, 2.05) is 43.3 Å². The van der Waals surface area contributed by atoms with Crippen molar-refractivity contribution in [2.24, 2.45) is 0 Å². The molecule has 0 saturated heterocycles. The molecule has 0 unspecified atom stereocenters. The Bertz CT molecular complexity index is 1140. The molecule has 146 valence electrons. The Kier molecular flexibility index (Phi) is 5.53. The minimum atomic E-state index is -0.372. The smallest absolute Gasteiger partial charge is 0.212 e. The summed E-state index contributed by atoms with van der Waals surface area (Å²) < 4.78 is 20.1. The van der Waals surface area contributed by atoms with Gasteiger partial charge in [0.15, 0.2) is 11.4 Å². The third-order valence-corrected chi connectivity index (χ3v) is 5.11. The number of carbonyl (C=O) groups excluding carboxylic acids is 1. The second-order valence-electron chi connectivity index (χ2n) is 6.15. The average Bonchev–Trinajstić information content (AvgIpc) is 3.15. The van der Waals surface area contributed by atoms with Crippen molar-refractivity contribution >= 4 is 23.2 Å². The number of Topliss-reactive ketones (excluding diaryl/α,β-unsaturated/α-hetero) is 1. The summed E-state index contributed by atoms with van der Waals surface area (Å²) >= 11 is 1.24. The maximum absolute atomic E-state index is 13.0. The fourth-order valence-electron chi connectivity index (χ4n) is 2.75. The molecule has 2 aromatic heterocycles. The van der Waals surface area contributed by atoms with Crippen LogP contribution in [0.4, 0.5) is 4.39 Å². The predicted octanol–water partition coefficient (Wildman–Crippen LogP) is 4.30. The van der Waals surface area contributed by atoms with Gasteiger partial charge >= 0.3 is 0 Å². The largest absolute Gasteiger partial charge is 0.494 e. The van der Waals surface area contributed by atoms with E-state index in [0.717, 1.165) is 17.0 Å². The number of fused-ring (bicyclic) bond motifs is 1. The molecule has 29 heavy (non-hydrogen) atoms. The van der Waals surface area contributed by atoms with Crippen LogP contribution >= 0.6 is 11.8 Å². The maximum atomic E-state index is 13.0. The molecule has 0 amide bonds. The molecule has 2 aromatic carbocycles. The summed E-state index contributed by atoms with van der Waals surface area (Å²) in [6.45, 7) is 2.55. The van der Waals surface area contributed by atoms with Crippen LogP contribution in [0, 0.1) is 5.82 Å². The first-order valence-corrected chi connectivity index (χ1v) is 10.00. The number of thioether (sulfide) groups is 1. The molecule has 0 aliphatic rings. The fraction of sp³-hybridized carbons (Fsp3) is 0.143. The summed E-state index contributed by atoms with van der Waals surface area (Å²) in [5, 5.41) is 13.4. The number of hydrogen-bond donors (Lipinski definition) is 0. The number of benzene rings is 2. The van der Waals surface area contributed by atoms with Crippen molar-refractivity contribution in [3.8, 4) is 17.0 Å². The number of aromatic nitrogens is 4. The minimum Gasteiger partial charge on any atom is -0.494 e. The highest BCUT2D eigenvalue weighted by atomic mass is 32.2. The van der Waals surface area contributed by atoms with Crippen molar-refractivity contribution in [1.82, 2.24) is 19.8 Å². The highest BCUT2D eigenvalue weighted by Gasteiger charge is 2.13. The Labute approximate surface area is 170 Å². The van der Waals surface area contributed by atoms with E-state index < -0.39 is 0 Å². The van der Waals surface area contributed by atoms with Gasteiger partial charge in [-0.15, -0.1) is 10.2 Å². The number of hydrogen-bond acceptors (Lipinski definition) is 6. The summed E-state index contributed by atoms with van der Waals surface area (Å²) in [6.07, 6.45) is 0. The van der Waals surface area contributed by atoms with Crippen LogP contribution in [0.25, 0.3) is 16.9 Å². The Morgan fingerprint density at radius 1 is 1.03 bits per heavy atom. The van der Waals surface area contributed by atoms with Gasteiger partial charge in [-0.2, -0.15) is 9.61 Å². The van der Waals surface area contributed by atoms with E-state index in [9.17, 15) is 9.18 Å². The molecule has 0 spiro atoms. The Morgan fingerprint density at radius 2 is 1.79 bits per heavy atom. The molecule has 0 bridgehead atoms. The summed E-state index contributed by atoms with van der Waals surface area (Å²) in [5.41, 5.74) is 2.74. The van der Waals surface area contributed by atoms with Gasteiger partial charge in [0, 0.05) is 11.1 Å². The number of rotatable bonds is 7. The van der Waals surface area contributed by atoms with Crippen molar-refractivity contribution in [3.05, 3.63) is 72.0 Å². The molecule has 0 atom stereocenters. The van der Waals surface area contributed by atoms with Crippen LogP contribution in [-0.2, 0) is 0 Å². The van der Waals surface area contributed by atoms with E-state index in [4.69, 9.17) is 4.74 Å². The van der Waals surface area contributed by atoms with Crippen molar-refractivity contribution in [3.63, 3.8) is 0 Å². The van der Waals surface area contributed by atoms with Crippen LogP contribution in [-0.4, -0.2) is 38.0 Å². The van der Waals surface area contributed by atoms with Gasteiger partial charge in [-0.1, -0.05) is 11.8 Å². The van der Waals surface area contributed by atoms with Crippen LogP contribution in [0.2, 0.25) is 0 Å². The molecular formula is C21H17FN4O2S. The Balaban J connectivity index is 1.53. The van der Waals surface area contributed by atoms with Gasteiger partial charge in [0.2, 0.25) is 5.16 Å². The zero-order valence-electron chi connectivity index (χ0n) is 15.6. The number of halogens is 1. The third-order valence-electron chi connectivity index (χ3n) is 4.19. The molecule has 2 heterocycles. The second kappa shape index (κ2) is 8.40. The van der Waals surface area contributed by atoms with E-state index in [2.05, 4.69) is 15.3 Å². The summed E-state index contributed by atoms with van der Waals surface area (Å²) in [7, 11) is 0. The molecule has 8 heteroatoms. The number of carbonyl (C=O) groups is 1. The van der Waals surface area contributed by atoms with Gasteiger partial charge < -0.3 is 4.74 Å². The fourth-order valence-corrected chi connectivity index (χ4v) is 3.53. The van der Waals surface area contributed by atoms with Crippen LogP contribution in [0.5, 0.6) is 5.75 Å². The first-order valence-electron chi connectivity index (χ1n) is 9.01. The number of ketones is 1. The quantitative estimate of drug-likeness (QED) is 0.335. The summed E-state index contributed by atoms with van der Waals surface area (Å²) in [4.78, 5) is 12.3. The molecule has 0 fully saturated rings. The average molecular weight is 408 g/mol. The van der Waals surface area contributed by atoms with Gasteiger partial charge in [0.05, 0.1) is 18.1 Å². The molecule has 0 saturated carbocycles. The highest BCUT2D eigenvalue weighted by Crippen LogP contribution is 2.23. The lowest BCUT2D eigenvalue weighted by Crippen LogP contribution is -2.04. The standard InChI is InChI=1S/C21H17FN4O2S/c1-2-28-17-9-5-14(6-10-17)18-11-12-20-23-24-21(26(20)25-18)29-13-19(27)15-3-7-16(22)8-4-15/h3-12H,2,13H2,1H3. The normalized spacial score (nSPS) is 11.0. The van der Waals surface area contributed by atoms with Crippen molar-refractivity contribution in [2.45, 2.75) is 12.1 Å². The molecule has 0 N–H and O–H groups in total. The van der Waals surface area contributed by atoms with Gasteiger partial charge in [-0.25, -0.2) is 4.39 Å². The summed E-state index contributed by atoms with van der Waals surface area (Å²) in [6, 6.07) is 16.9. The highest BCUT2D eigenvalue weighted by molar-refractivity contribution is 7.99. The third kappa shape index (κ3) is 4.27. The maximum Gasteiger partial charge on any atom is 0.212 e. The Morgan fingerprint density at radius 3 is 2.52 bits per heavy atom. The van der Waals surface area contributed by atoms with E-state index in [-0.39, 0.29) is 17.4 Å². The monoisotopic (exact) mass is 408 g/mol. The molecule has 4 aromatic rings. The van der Waals surface area contributed by atoms with Crippen LogP contribution in [0.3, 0.4) is 0 Å². The van der Waals surface area contributed by atoms with Gasteiger partial charge in [-0.3, -0.25) is 4.79 Å². The molecule has 0 radical (unpaired) electrons. The second-order valence-corrected chi connectivity index (χ2v) is 7.09. The Hall–Kier alpha value is -3.26. The van der Waals surface area contributed by atoms with E-state index in [1.165, 1.54) is 36.0 Å². The van der Waals surface area contributed by atoms with Gasteiger partial charge in [0.1, 0.15) is 11.6 Å². The van der Waals surface area contributed by atoms with Crippen molar-refractivity contribution in [1.29, 1.82) is 0 Å². The van der Waals surface area contributed by atoms with E-state index in [1.54, 1.807) is 4.52 Å². The van der Waals surface area contributed by atoms with Crippen molar-refractivity contribution in [2.75, 3.05) is 12.4 Å². The van der Waals surface area contributed by atoms with Crippen LogP contribution in [0.15, 0.2) is 65.8 Å².